The van der Waals surface area contributed by atoms with Crippen LogP contribution in [0.2, 0.25) is 5.15 Å². The number of aromatic nitrogens is 4. The third-order valence-corrected chi connectivity index (χ3v) is 7.31. The number of rotatable bonds is 6. The van der Waals surface area contributed by atoms with Gasteiger partial charge >= 0.3 is 5.69 Å². The molecule has 0 spiro atoms. The molecule has 0 amide bonds. The van der Waals surface area contributed by atoms with Gasteiger partial charge in [-0.15, -0.1) is 0 Å². The van der Waals surface area contributed by atoms with Crippen molar-refractivity contribution in [2.75, 3.05) is 18.1 Å². The van der Waals surface area contributed by atoms with E-state index < -0.39 is 40.1 Å². The molecule has 40 heavy (non-hydrogen) atoms. The summed E-state index contributed by atoms with van der Waals surface area (Å²) in [7, 11) is 0. The van der Waals surface area contributed by atoms with Crippen molar-refractivity contribution >= 4 is 28.5 Å². The van der Waals surface area contributed by atoms with Gasteiger partial charge in [0.2, 0.25) is 0 Å². The third-order valence-electron chi connectivity index (χ3n) is 7.03. The van der Waals surface area contributed by atoms with Gasteiger partial charge in [-0.1, -0.05) is 25.4 Å². The molecule has 1 aliphatic rings. The van der Waals surface area contributed by atoms with E-state index in [4.69, 9.17) is 16.3 Å². The van der Waals surface area contributed by atoms with Crippen molar-refractivity contribution < 1.29 is 23.0 Å². The number of benzene rings is 1. The maximum absolute atomic E-state index is 15.7. The summed E-state index contributed by atoms with van der Waals surface area (Å²) in [5, 5.41) is 10.3. The van der Waals surface area contributed by atoms with E-state index in [1.165, 1.54) is 12.3 Å². The number of fused-ring (bicyclic) bond motifs is 1. The first kappa shape index (κ1) is 27.7. The summed E-state index contributed by atoms with van der Waals surface area (Å²) in [6, 6.07) is 4.03. The SMILES string of the molecule is CCCOc1ccnc(Cl)c1-n1c(=O)nc(N2C[C@@H](C)CC[C@@H]2C)c2cc(F)c(-c3c(F)ccc(F)c3O)nc21. The van der Waals surface area contributed by atoms with Crippen molar-refractivity contribution in [3.8, 4) is 28.4 Å². The Bertz CT molecular complexity index is 1670. The Balaban J connectivity index is 1.89. The van der Waals surface area contributed by atoms with Crippen LogP contribution in [0.3, 0.4) is 0 Å². The molecule has 4 aromatic rings. The first-order valence-electron chi connectivity index (χ1n) is 13.0. The zero-order valence-corrected chi connectivity index (χ0v) is 22.8. The van der Waals surface area contributed by atoms with Gasteiger partial charge in [0.15, 0.2) is 28.2 Å². The number of halogens is 4. The van der Waals surface area contributed by atoms with Gasteiger partial charge in [-0.2, -0.15) is 4.98 Å². The second kappa shape index (κ2) is 11.0. The Morgan fingerprint density at radius 1 is 1.10 bits per heavy atom. The molecule has 0 aliphatic carbocycles. The molecule has 4 heterocycles. The second-order valence-electron chi connectivity index (χ2n) is 9.98. The summed E-state index contributed by atoms with van der Waals surface area (Å²) in [6.07, 6.45) is 3.86. The average Bonchev–Trinajstić information content (AvgIpc) is 2.92. The fourth-order valence-corrected chi connectivity index (χ4v) is 5.23. The minimum absolute atomic E-state index is 0.0139. The third kappa shape index (κ3) is 4.83. The summed E-state index contributed by atoms with van der Waals surface area (Å²) in [5.74, 6) is -3.73. The monoisotopic (exact) mass is 573 g/mol. The zero-order valence-electron chi connectivity index (χ0n) is 22.1. The molecular formula is C28H27ClF3N5O3. The van der Waals surface area contributed by atoms with Crippen LogP contribution in [0.15, 0.2) is 35.3 Å². The van der Waals surface area contributed by atoms with E-state index in [2.05, 4.69) is 21.9 Å². The van der Waals surface area contributed by atoms with Crippen LogP contribution in [-0.4, -0.2) is 43.8 Å². The van der Waals surface area contributed by atoms with Gasteiger partial charge in [0, 0.05) is 24.8 Å². The van der Waals surface area contributed by atoms with Crippen LogP contribution >= 0.6 is 11.6 Å². The molecular weight excluding hydrogens is 547 g/mol. The fourth-order valence-electron chi connectivity index (χ4n) is 4.99. The maximum atomic E-state index is 15.7. The van der Waals surface area contributed by atoms with Crippen molar-refractivity contribution in [1.29, 1.82) is 0 Å². The lowest BCUT2D eigenvalue weighted by atomic mass is 9.95. The maximum Gasteiger partial charge on any atom is 0.356 e. The van der Waals surface area contributed by atoms with E-state index in [0.29, 0.717) is 19.6 Å². The molecule has 0 bridgehead atoms. The van der Waals surface area contributed by atoms with Gasteiger partial charge in [0.25, 0.3) is 0 Å². The summed E-state index contributed by atoms with van der Waals surface area (Å²) in [5.41, 5.74) is -2.41. The molecule has 1 aliphatic heterocycles. The number of hydrogen-bond donors (Lipinski definition) is 1. The van der Waals surface area contributed by atoms with E-state index in [1.807, 2.05) is 18.7 Å². The van der Waals surface area contributed by atoms with Crippen LogP contribution in [0.5, 0.6) is 11.5 Å². The molecule has 5 rings (SSSR count). The number of aromatic hydroxyl groups is 1. The number of hydrogen-bond acceptors (Lipinski definition) is 7. The number of nitrogens with zero attached hydrogens (tertiary/aromatic N) is 5. The van der Waals surface area contributed by atoms with Crippen LogP contribution in [0, 0.1) is 23.4 Å². The normalized spacial score (nSPS) is 17.4. The molecule has 2 atom stereocenters. The van der Waals surface area contributed by atoms with Crippen LogP contribution in [-0.2, 0) is 0 Å². The van der Waals surface area contributed by atoms with Crippen LogP contribution in [0.25, 0.3) is 28.0 Å². The number of phenols is 1. The van der Waals surface area contributed by atoms with Crippen LogP contribution < -0.4 is 15.3 Å². The van der Waals surface area contributed by atoms with E-state index >= 15 is 4.39 Å². The van der Waals surface area contributed by atoms with Gasteiger partial charge in [0.05, 0.1) is 17.6 Å². The van der Waals surface area contributed by atoms with Crippen LogP contribution in [0.4, 0.5) is 19.0 Å². The van der Waals surface area contributed by atoms with Crippen molar-refractivity contribution in [1.82, 2.24) is 19.5 Å². The highest BCUT2D eigenvalue weighted by molar-refractivity contribution is 6.31. The lowest BCUT2D eigenvalue weighted by Crippen LogP contribution is -2.43. The molecule has 0 unspecified atom stereocenters. The number of ether oxygens (including phenoxy) is 1. The van der Waals surface area contributed by atoms with Gasteiger partial charge < -0.3 is 14.7 Å². The van der Waals surface area contributed by atoms with E-state index in [0.717, 1.165) is 35.6 Å². The Morgan fingerprint density at radius 3 is 2.60 bits per heavy atom. The number of pyridine rings is 2. The molecule has 8 nitrogen and oxygen atoms in total. The van der Waals surface area contributed by atoms with E-state index in [1.54, 1.807) is 0 Å². The molecule has 0 radical (unpaired) electrons. The highest BCUT2D eigenvalue weighted by Crippen LogP contribution is 2.39. The van der Waals surface area contributed by atoms with Crippen molar-refractivity contribution in [2.45, 2.75) is 46.1 Å². The first-order valence-corrected chi connectivity index (χ1v) is 13.3. The fraction of sp³-hybridized carbons (Fsp3) is 0.357. The Morgan fingerprint density at radius 2 is 1.85 bits per heavy atom. The van der Waals surface area contributed by atoms with Crippen molar-refractivity contribution in [3.63, 3.8) is 0 Å². The smallest absolute Gasteiger partial charge is 0.356 e. The van der Waals surface area contributed by atoms with Crippen molar-refractivity contribution in [2.24, 2.45) is 5.92 Å². The molecule has 3 aromatic heterocycles. The molecule has 1 saturated heterocycles. The quantitative estimate of drug-likeness (QED) is 0.281. The minimum atomic E-state index is -1.16. The number of piperidine rings is 1. The summed E-state index contributed by atoms with van der Waals surface area (Å²) < 4.78 is 51.6. The van der Waals surface area contributed by atoms with Gasteiger partial charge in [-0.05, 0) is 50.3 Å². The van der Waals surface area contributed by atoms with Gasteiger partial charge in [-0.25, -0.2) is 32.5 Å². The number of phenolic OH excluding ortho intramolecular Hbond substituents is 1. The molecule has 12 heteroatoms. The van der Waals surface area contributed by atoms with Gasteiger partial charge in [0.1, 0.15) is 28.8 Å². The largest absolute Gasteiger partial charge is 0.504 e. The predicted octanol–water partition coefficient (Wildman–Crippen LogP) is 6.03. The molecule has 1 N–H and O–H groups in total. The summed E-state index contributed by atoms with van der Waals surface area (Å²) in [6.45, 7) is 6.81. The molecule has 1 fully saturated rings. The molecule has 0 saturated carbocycles. The second-order valence-corrected chi connectivity index (χ2v) is 10.3. The van der Waals surface area contributed by atoms with Crippen LogP contribution in [0.1, 0.15) is 40.0 Å². The zero-order chi connectivity index (χ0) is 28.7. The molecule has 210 valence electrons. The lowest BCUT2D eigenvalue weighted by Gasteiger charge is -2.38. The van der Waals surface area contributed by atoms with E-state index in [9.17, 15) is 18.7 Å². The van der Waals surface area contributed by atoms with Gasteiger partial charge in [-0.3, -0.25) is 0 Å². The highest BCUT2D eigenvalue weighted by atomic mass is 35.5. The first-order chi connectivity index (χ1) is 19.1. The summed E-state index contributed by atoms with van der Waals surface area (Å²) >= 11 is 6.46. The Hall–Kier alpha value is -3.86. The van der Waals surface area contributed by atoms with E-state index in [-0.39, 0.29) is 45.4 Å². The standard InChI is InChI=1S/C28H27ClF3N5O3/c1-4-11-40-20-9-10-33-25(29)23(20)37-27-16(26(35-28(37)39)36-13-14(2)5-6-15(36)3)12-19(32)22(34-27)21-17(30)7-8-18(31)24(21)38/h7-10,12,14-15,38H,4-6,11,13H2,1-3H3/t14-,15-/m0/s1. The minimum Gasteiger partial charge on any atom is -0.504 e. The predicted molar refractivity (Wildman–Crippen MR) is 146 cm³/mol. The Labute approximate surface area is 233 Å². The topological polar surface area (TPSA) is 93.4 Å². The Kier molecular flexibility index (Phi) is 7.59. The van der Waals surface area contributed by atoms with Crippen molar-refractivity contribution in [3.05, 3.63) is 63.6 Å². The lowest BCUT2D eigenvalue weighted by molar-refractivity contribution is 0.316. The molecule has 1 aromatic carbocycles. The summed E-state index contributed by atoms with van der Waals surface area (Å²) in [4.78, 5) is 28.4. The highest BCUT2D eigenvalue weighted by Gasteiger charge is 2.30. The average molecular weight is 574 g/mol. The number of anilines is 1.